The van der Waals surface area contributed by atoms with Gasteiger partial charge in [0.05, 0.1) is 0 Å². The number of nitrogens with one attached hydrogen (secondary N) is 1. The van der Waals surface area contributed by atoms with E-state index in [1.807, 2.05) is 0 Å². The van der Waals surface area contributed by atoms with Crippen molar-refractivity contribution in [3.63, 3.8) is 0 Å². The van der Waals surface area contributed by atoms with Gasteiger partial charge in [-0.15, -0.1) is 12.3 Å². The second kappa shape index (κ2) is 7.92. The molecule has 0 saturated heterocycles. The molecule has 0 bridgehead atoms. The van der Waals surface area contributed by atoms with Crippen LogP contribution in [0.15, 0.2) is 30.3 Å². The van der Waals surface area contributed by atoms with Gasteiger partial charge in [-0.2, -0.15) is 0 Å². The lowest BCUT2D eigenvalue weighted by Crippen LogP contribution is -2.32. The molecule has 0 spiro atoms. The minimum Gasteiger partial charge on any atom is -0.306 e. The second-order valence-corrected chi connectivity index (χ2v) is 4.43. The zero-order valence-corrected chi connectivity index (χ0v) is 10.9. The third-order valence-corrected chi connectivity index (χ3v) is 3.07. The summed E-state index contributed by atoms with van der Waals surface area (Å²) < 4.78 is 0. The average molecular weight is 229 g/mol. The Balaban J connectivity index is 2.69. The highest BCUT2D eigenvalue weighted by Gasteiger charge is 2.14. The van der Waals surface area contributed by atoms with Crippen molar-refractivity contribution in [2.45, 2.75) is 51.6 Å². The van der Waals surface area contributed by atoms with Crippen LogP contribution in [0.4, 0.5) is 0 Å². The Morgan fingerprint density at radius 2 is 1.94 bits per heavy atom. The van der Waals surface area contributed by atoms with E-state index in [0.29, 0.717) is 12.1 Å². The molecule has 1 aromatic carbocycles. The zero-order valence-electron chi connectivity index (χ0n) is 10.9. The fourth-order valence-electron chi connectivity index (χ4n) is 2.07. The molecule has 1 heteroatoms. The standard InChI is InChI=1S/C16H23N/c1-4-10-15(6-3)17-16(11-5-2)14-12-8-7-9-13-14/h1,7-9,12-13,15-17H,5-6,10-11H2,2-3H3. The van der Waals surface area contributed by atoms with Gasteiger partial charge in [0.15, 0.2) is 0 Å². The molecule has 0 aliphatic heterocycles. The maximum Gasteiger partial charge on any atom is 0.0322 e. The predicted molar refractivity (Wildman–Crippen MR) is 74.8 cm³/mol. The summed E-state index contributed by atoms with van der Waals surface area (Å²) >= 11 is 0. The molecule has 0 aromatic heterocycles. The molecule has 0 saturated carbocycles. The van der Waals surface area contributed by atoms with Crippen LogP contribution in [0.2, 0.25) is 0 Å². The molecule has 2 unspecified atom stereocenters. The lowest BCUT2D eigenvalue weighted by Gasteiger charge is -2.24. The number of hydrogen-bond donors (Lipinski definition) is 1. The van der Waals surface area contributed by atoms with Crippen molar-refractivity contribution >= 4 is 0 Å². The summed E-state index contributed by atoms with van der Waals surface area (Å²) in [6, 6.07) is 11.5. The Morgan fingerprint density at radius 1 is 1.24 bits per heavy atom. The van der Waals surface area contributed by atoms with Gasteiger partial charge < -0.3 is 5.32 Å². The molecule has 0 amide bonds. The van der Waals surface area contributed by atoms with Crippen LogP contribution >= 0.6 is 0 Å². The molecule has 1 aromatic rings. The van der Waals surface area contributed by atoms with Crippen LogP contribution in [0.1, 0.15) is 51.1 Å². The summed E-state index contributed by atoms with van der Waals surface area (Å²) in [6.07, 6.45) is 9.63. The molecule has 2 atom stereocenters. The van der Waals surface area contributed by atoms with Crippen LogP contribution in [-0.4, -0.2) is 6.04 Å². The fourth-order valence-corrected chi connectivity index (χ4v) is 2.07. The molecular formula is C16H23N. The first-order chi connectivity index (χ1) is 8.31. The Labute approximate surface area is 106 Å². The predicted octanol–water partition coefficient (Wildman–Crippen LogP) is 3.92. The molecule has 0 radical (unpaired) electrons. The Bertz CT molecular complexity index is 336. The average Bonchev–Trinajstić information content (AvgIpc) is 2.38. The molecule has 0 aliphatic rings. The van der Waals surface area contributed by atoms with Gasteiger partial charge in [0, 0.05) is 18.5 Å². The largest absolute Gasteiger partial charge is 0.306 e. The van der Waals surface area contributed by atoms with Gasteiger partial charge in [-0.3, -0.25) is 0 Å². The molecular weight excluding hydrogens is 206 g/mol. The molecule has 1 rings (SSSR count). The van der Waals surface area contributed by atoms with Crippen molar-refractivity contribution in [2.75, 3.05) is 0 Å². The van der Waals surface area contributed by atoms with Gasteiger partial charge in [0.25, 0.3) is 0 Å². The lowest BCUT2D eigenvalue weighted by molar-refractivity contribution is 0.408. The Hall–Kier alpha value is -1.26. The van der Waals surface area contributed by atoms with Gasteiger partial charge in [0.1, 0.15) is 0 Å². The minimum absolute atomic E-state index is 0.428. The highest BCUT2D eigenvalue weighted by atomic mass is 14.9. The van der Waals surface area contributed by atoms with Crippen LogP contribution in [-0.2, 0) is 0 Å². The highest BCUT2D eigenvalue weighted by Crippen LogP contribution is 2.19. The van der Waals surface area contributed by atoms with Crippen LogP contribution < -0.4 is 5.32 Å². The summed E-state index contributed by atoms with van der Waals surface area (Å²) in [5, 5.41) is 3.68. The third-order valence-electron chi connectivity index (χ3n) is 3.07. The maximum atomic E-state index is 5.40. The lowest BCUT2D eigenvalue weighted by atomic mass is 10.00. The van der Waals surface area contributed by atoms with Gasteiger partial charge in [0.2, 0.25) is 0 Å². The minimum atomic E-state index is 0.428. The van der Waals surface area contributed by atoms with E-state index in [2.05, 4.69) is 55.4 Å². The number of hydrogen-bond acceptors (Lipinski definition) is 1. The van der Waals surface area contributed by atoms with Crippen LogP contribution in [0.25, 0.3) is 0 Å². The van der Waals surface area contributed by atoms with Crippen molar-refractivity contribution < 1.29 is 0 Å². The van der Waals surface area contributed by atoms with Crippen molar-refractivity contribution in [1.29, 1.82) is 0 Å². The van der Waals surface area contributed by atoms with Gasteiger partial charge in [-0.1, -0.05) is 50.6 Å². The van der Waals surface area contributed by atoms with Gasteiger partial charge >= 0.3 is 0 Å². The highest BCUT2D eigenvalue weighted by molar-refractivity contribution is 5.19. The maximum absolute atomic E-state index is 5.40. The van der Waals surface area contributed by atoms with Crippen LogP contribution in [0.5, 0.6) is 0 Å². The number of terminal acetylenes is 1. The van der Waals surface area contributed by atoms with E-state index in [9.17, 15) is 0 Å². The first-order valence-corrected chi connectivity index (χ1v) is 6.56. The first-order valence-electron chi connectivity index (χ1n) is 6.56. The summed E-state index contributed by atoms with van der Waals surface area (Å²) in [6.45, 7) is 4.41. The van der Waals surface area contributed by atoms with Crippen molar-refractivity contribution in [2.24, 2.45) is 0 Å². The molecule has 1 N–H and O–H groups in total. The third kappa shape index (κ3) is 4.63. The van der Waals surface area contributed by atoms with Gasteiger partial charge in [-0.05, 0) is 18.4 Å². The van der Waals surface area contributed by atoms with E-state index in [0.717, 1.165) is 19.3 Å². The summed E-state index contributed by atoms with van der Waals surface area (Å²) in [5.74, 6) is 2.76. The molecule has 92 valence electrons. The van der Waals surface area contributed by atoms with E-state index < -0.39 is 0 Å². The van der Waals surface area contributed by atoms with Gasteiger partial charge in [-0.25, -0.2) is 0 Å². The Morgan fingerprint density at radius 3 is 2.47 bits per heavy atom. The smallest absolute Gasteiger partial charge is 0.0322 e. The zero-order chi connectivity index (χ0) is 12.5. The Kier molecular flexibility index (Phi) is 6.43. The van der Waals surface area contributed by atoms with E-state index in [4.69, 9.17) is 6.42 Å². The van der Waals surface area contributed by atoms with Crippen molar-refractivity contribution in [3.05, 3.63) is 35.9 Å². The fraction of sp³-hybridized carbons (Fsp3) is 0.500. The molecule has 0 aliphatic carbocycles. The second-order valence-electron chi connectivity index (χ2n) is 4.43. The van der Waals surface area contributed by atoms with Crippen molar-refractivity contribution in [3.8, 4) is 12.3 Å². The number of rotatable bonds is 7. The topological polar surface area (TPSA) is 12.0 Å². The SMILES string of the molecule is C#CCC(CC)NC(CCC)c1ccccc1. The van der Waals surface area contributed by atoms with E-state index in [1.54, 1.807) is 0 Å². The van der Waals surface area contributed by atoms with Crippen LogP contribution in [0, 0.1) is 12.3 Å². The summed E-state index contributed by atoms with van der Waals surface area (Å²) in [5.41, 5.74) is 1.37. The van der Waals surface area contributed by atoms with Crippen molar-refractivity contribution in [1.82, 2.24) is 5.32 Å². The quantitative estimate of drug-likeness (QED) is 0.699. The number of benzene rings is 1. The monoisotopic (exact) mass is 229 g/mol. The van der Waals surface area contributed by atoms with Crippen LogP contribution in [0.3, 0.4) is 0 Å². The van der Waals surface area contributed by atoms with E-state index in [-0.39, 0.29) is 0 Å². The molecule has 0 fully saturated rings. The first kappa shape index (κ1) is 13.8. The summed E-state index contributed by atoms with van der Waals surface area (Å²) in [4.78, 5) is 0. The molecule has 1 nitrogen and oxygen atoms in total. The van der Waals surface area contributed by atoms with E-state index >= 15 is 0 Å². The normalized spacial score (nSPS) is 13.9. The molecule has 0 heterocycles. The van der Waals surface area contributed by atoms with E-state index in [1.165, 1.54) is 12.0 Å². The molecule has 17 heavy (non-hydrogen) atoms. The summed E-state index contributed by atoms with van der Waals surface area (Å²) in [7, 11) is 0.